The maximum atomic E-state index is 4.88. The standard InChI is InChI=1S/C20H20N2/c1-2-4-12-11(3-1)13-8-14(12)18-17(13)19-15-9-5-6-10(7-9)16(15)20(18)22-21-19/h1-6,9-10,13-20H,7-8H2/t9-,10+,13+,14-,15+,16-,17-,18+,19+,20-. The normalized spacial score (nSPS) is 57.3. The van der Waals surface area contributed by atoms with Crippen LogP contribution in [0.4, 0.5) is 0 Å². The van der Waals surface area contributed by atoms with E-state index in [0.717, 1.165) is 47.3 Å². The van der Waals surface area contributed by atoms with Gasteiger partial charge in [0.2, 0.25) is 0 Å². The van der Waals surface area contributed by atoms with Crippen molar-refractivity contribution in [2.24, 2.45) is 45.7 Å². The summed E-state index contributed by atoms with van der Waals surface area (Å²) in [7, 11) is 0. The largest absolute Gasteiger partial charge is 0.190 e. The molecule has 3 fully saturated rings. The van der Waals surface area contributed by atoms with E-state index >= 15 is 0 Å². The minimum Gasteiger partial charge on any atom is -0.190 e. The van der Waals surface area contributed by atoms with Gasteiger partial charge in [-0.15, -0.1) is 0 Å². The smallest absolute Gasteiger partial charge is 0.0783 e. The lowest BCUT2D eigenvalue weighted by Gasteiger charge is -2.54. The summed E-state index contributed by atoms with van der Waals surface area (Å²) < 4.78 is 0. The van der Waals surface area contributed by atoms with E-state index in [2.05, 4.69) is 36.4 Å². The van der Waals surface area contributed by atoms with Crippen LogP contribution >= 0.6 is 0 Å². The summed E-state index contributed by atoms with van der Waals surface area (Å²) in [6, 6.07) is 10.3. The van der Waals surface area contributed by atoms with Crippen molar-refractivity contribution >= 4 is 0 Å². The van der Waals surface area contributed by atoms with Gasteiger partial charge in [0.15, 0.2) is 0 Å². The number of hydrogen-bond donors (Lipinski definition) is 0. The molecule has 0 radical (unpaired) electrons. The first-order valence-electron chi connectivity index (χ1n) is 9.09. The van der Waals surface area contributed by atoms with Gasteiger partial charge in [-0.2, -0.15) is 10.2 Å². The van der Waals surface area contributed by atoms with Gasteiger partial charge in [0.05, 0.1) is 12.1 Å². The summed E-state index contributed by atoms with van der Waals surface area (Å²) in [6.07, 6.45) is 7.81. The molecule has 0 saturated heterocycles. The first-order valence-corrected chi connectivity index (χ1v) is 9.09. The molecular formula is C20H20N2. The van der Waals surface area contributed by atoms with Gasteiger partial charge in [0.1, 0.15) is 0 Å². The third kappa shape index (κ3) is 1.00. The highest BCUT2D eigenvalue weighted by Crippen LogP contribution is 2.71. The third-order valence-electron chi connectivity index (χ3n) is 8.17. The number of hydrogen-bond acceptors (Lipinski definition) is 2. The van der Waals surface area contributed by atoms with E-state index in [-0.39, 0.29) is 0 Å². The Morgan fingerprint density at radius 2 is 1.23 bits per heavy atom. The van der Waals surface area contributed by atoms with E-state index in [0.29, 0.717) is 12.1 Å². The van der Waals surface area contributed by atoms with Gasteiger partial charge in [0, 0.05) is 0 Å². The number of benzene rings is 1. The Labute approximate surface area is 130 Å². The second kappa shape index (κ2) is 3.39. The van der Waals surface area contributed by atoms with Crippen LogP contribution in [0, 0.1) is 35.5 Å². The second-order valence-corrected chi connectivity index (χ2v) is 8.55. The van der Waals surface area contributed by atoms with E-state index < -0.39 is 0 Å². The van der Waals surface area contributed by atoms with Crippen LogP contribution in [0.5, 0.6) is 0 Å². The number of fused-ring (bicyclic) bond motifs is 7. The van der Waals surface area contributed by atoms with Gasteiger partial charge in [-0.1, -0.05) is 36.4 Å². The molecule has 0 spiro atoms. The van der Waals surface area contributed by atoms with Crippen molar-refractivity contribution in [3.8, 4) is 0 Å². The summed E-state index contributed by atoms with van der Waals surface area (Å²) in [5, 5.41) is 9.77. The lowest BCUT2D eigenvalue weighted by molar-refractivity contribution is 0.0190. The fraction of sp³-hybridized carbons (Fsp3) is 0.600. The Balaban J connectivity index is 1.42. The van der Waals surface area contributed by atoms with Crippen LogP contribution in [-0.2, 0) is 0 Å². The lowest BCUT2D eigenvalue weighted by Crippen LogP contribution is -2.56. The van der Waals surface area contributed by atoms with Crippen molar-refractivity contribution < 1.29 is 0 Å². The van der Waals surface area contributed by atoms with Crippen molar-refractivity contribution in [3.63, 3.8) is 0 Å². The molecule has 2 heterocycles. The van der Waals surface area contributed by atoms with Gasteiger partial charge < -0.3 is 0 Å². The molecule has 0 aromatic heterocycles. The number of azo groups is 1. The fourth-order valence-electron chi connectivity index (χ4n) is 7.75. The molecule has 1 aromatic carbocycles. The number of rotatable bonds is 0. The van der Waals surface area contributed by atoms with E-state index in [1.54, 1.807) is 11.1 Å². The first-order chi connectivity index (χ1) is 10.9. The van der Waals surface area contributed by atoms with E-state index in [4.69, 9.17) is 10.2 Å². The predicted octanol–water partition coefficient (Wildman–Crippen LogP) is 4.16. The minimum atomic E-state index is 0.531. The molecule has 1 aromatic rings. The van der Waals surface area contributed by atoms with E-state index in [1.165, 1.54) is 12.8 Å². The molecule has 2 heteroatoms. The molecule has 0 unspecified atom stereocenters. The first kappa shape index (κ1) is 11.2. The quantitative estimate of drug-likeness (QED) is 0.640. The molecule has 8 rings (SSSR count). The highest BCUT2D eigenvalue weighted by molar-refractivity contribution is 5.45. The van der Waals surface area contributed by atoms with Crippen LogP contribution in [0.3, 0.4) is 0 Å². The highest BCUT2D eigenvalue weighted by Gasteiger charge is 2.68. The Bertz CT molecular complexity index is 691. The van der Waals surface area contributed by atoms with Crippen molar-refractivity contribution in [3.05, 3.63) is 47.5 Å². The van der Waals surface area contributed by atoms with Crippen LogP contribution in [-0.4, -0.2) is 12.1 Å². The molecule has 110 valence electrons. The SMILES string of the molecule is C1=C[C@H]2C[C@@H]1[C@@H]1[C@@H]3N=N[C@@H]([C@@H]4[C@H]3[C@H]3C[C@@H]4c4ccccc43)[C@@H]12. The molecule has 10 atom stereocenters. The molecule has 0 amide bonds. The summed E-state index contributed by atoms with van der Waals surface area (Å²) in [5.74, 6) is 6.45. The molecule has 3 saturated carbocycles. The van der Waals surface area contributed by atoms with Gasteiger partial charge in [0.25, 0.3) is 0 Å². The van der Waals surface area contributed by atoms with Crippen LogP contribution in [0.15, 0.2) is 46.6 Å². The van der Waals surface area contributed by atoms with E-state index in [1.807, 2.05) is 0 Å². The summed E-state index contributed by atoms with van der Waals surface area (Å²) in [5.41, 5.74) is 3.32. The highest BCUT2D eigenvalue weighted by atomic mass is 15.2. The average molecular weight is 288 g/mol. The predicted molar refractivity (Wildman–Crippen MR) is 83.7 cm³/mol. The Morgan fingerprint density at radius 1 is 0.682 bits per heavy atom. The fourth-order valence-corrected chi connectivity index (χ4v) is 7.75. The Hall–Kier alpha value is -1.44. The summed E-state index contributed by atoms with van der Waals surface area (Å²) in [4.78, 5) is 0. The number of allylic oxidation sites excluding steroid dienone is 2. The molecule has 7 aliphatic rings. The molecule has 0 N–H and O–H groups in total. The van der Waals surface area contributed by atoms with Crippen molar-refractivity contribution in [2.75, 3.05) is 0 Å². The van der Waals surface area contributed by atoms with Crippen molar-refractivity contribution in [1.82, 2.24) is 0 Å². The zero-order valence-corrected chi connectivity index (χ0v) is 12.5. The van der Waals surface area contributed by atoms with Crippen molar-refractivity contribution in [1.29, 1.82) is 0 Å². The average Bonchev–Trinajstić information content (AvgIpc) is 3.34. The zero-order valence-electron chi connectivity index (χ0n) is 12.5. The number of nitrogens with zero attached hydrogens (tertiary/aromatic N) is 2. The Morgan fingerprint density at radius 3 is 1.77 bits per heavy atom. The summed E-state index contributed by atoms with van der Waals surface area (Å²) >= 11 is 0. The third-order valence-corrected chi connectivity index (χ3v) is 8.17. The van der Waals surface area contributed by atoms with Crippen LogP contribution in [0.1, 0.15) is 35.8 Å². The molecular weight excluding hydrogens is 268 g/mol. The second-order valence-electron chi connectivity index (χ2n) is 8.55. The van der Waals surface area contributed by atoms with Crippen molar-refractivity contribution in [2.45, 2.75) is 36.8 Å². The minimum absolute atomic E-state index is 0.531. The van der Waals surface area contributed by atoms with Gasteiger partial charge >= 0.3 is 0 Å². The summed E-state index contributed by atoms with van der Waals surface area (Å²) in [6.45, 7) is 0. The van der Waals surface area contributed by atoms with Gasteiger partial charge in [-0.25, -0.2) is 0 Å². The van der Waals surface area contributed by atoms with Crippen LogP contribution in [0.25, 0.3) is 0 Å². The Kier molecular flexibility index (Phi) is 1.72. The molecule has 6 bridgehead atoms. The van der Waals surface area contributed by atoms with Gasteiger partial charge in [-0.3, -0.25) is 0 Å². The zero-order chi connectivity index (χ0) is 14.0. The maximum Gasteiger partial charge on any atom is 0.0783 e. The lowest BCUT2D eigenvalue weighted by atomic mass is 9.55. The topological polar surface area (TPSA) is 24.7 Å². The van der Waals surface area contributed by atoms with Crippen LogP contribution in [0.2, 0.25) is 0 Å². The maximum absolute atomic E-state index is 4.88. The molecule has 2 nitrogen and oxygen atoms in total. The van der Waals surface area contributed by atoms with Crippen LogP contribution < -0.4 is 0 Å². The molecule has 22 heavy (non-hydrogen) atoms. The van der Waals surface area contributed by atoms with E-state index in [9.17, 15) is 0 Å². The molecule has 2 aliphatic heterocycles. The molecule has 5 aliphatic carbocycles. The van der Waals surface area contributed by atoms with Gasteiger partial charge in [-0.05, 0) is 71.3 Å². The monoisotopic (exact) mass is 288 g/mol.